The Morgan fingerprint density at radius 1 is 0.607 bits per heavy atom. The summed E-state index contributed by atoms with van der Waals surface area (Å²) in [6.45, 7) is 19.6. The molecule has 2 heteroatoms. The van der Waals surface area contributed by atoms with Crippen LogP contribution in [0.1, 0.15) is 50.2 Å². The highest BCUT2D eigenvalue weighted by Crippen LogP contribution is 2.42. The minimum Gasteiger partial charge on any atom is -0.455 e. The van der Waals surface area contributed by atoms with Crippen LogP contribution in [0.3, 0.4) is 0 Å². The molecule has 0 aliphatic carbocycles. The standard InChI is InChI=1S/C26H29NO/c1-12-10-21-23-17(6)13(2)14(3)19(8)25(23)28-26(21)22(11-12)24-18(7)15(4)16(5)20(9)27-24/h10-11H,1-9H3. The molecule has 28 heavy (non-hydrogen) atoms. The molecule has 0 atom stereocenters. The summed E-state index contributed by atoms with van der Waals surface area (Å²) in [5, 5.41) is 2.45. The van der Waals surface area contributed by atoms with Gasteiger partial charge in [-0.15, -0.1) is 0 Å². The van der Waals surface area contributed by atoms with Gasteiger partial charge in [-0.1, -0.05) is 0 Å². The van der Waals surface area contributed by atoms with Crippen LogP contribution in [0.5, 0.6) is 0 Å². The predicted molar refractivity (Wildman–Crippen MR) is 120 cm³/mol. The Hall–Kier alpha value is -2.61. The van der Waals surface area contributed by atoms with Crippen molar-refractivity contribution in [3.63, 3.8) is 0 Å². The summed E-state index contributed by atoms with van der Waals surface area (Å²) in [5.74, 6) is 0. The Morgan fingerprint density at radius 3 is 1.89 bits per heavy atom. The van der Waals surface area contributed by atoms with Crippen molar-refractivity contribution in [2.45, 2.75) is 62.3 Å². The SMILES string of the molecule is Cc1cc(-c2nc(C)c(C)c(C)c2C)c2oc3c(C)c(C)c(C)c(C)c3c2c1. The van der Waals surface area contributed by atoms with Crippen LogP contribution in [0.4, 0.5) is 0 Å². The van der Waals surface area contributed by atoms with Crippen LogP contribution >= 0.6 is 0 Å². The van der Waals surface area contributed by atoms with Crippen molar-refractivity contribution in [1.29, 1.82) is 0 Å². The van der Waals surface area contributed by atoms with Crippen molar-refractivity contribution in [2.24, 2.45) is 0 Å². The quantitative estimate of drug-likeness (QED) is 0.348. The topological polar surface area (TPSA) is 26.0 Å². The van der Waals surface area contributed by atoms with E-state index in [4.69, 9.17) is 9.40 Å². The molecule has 4 aromatic rings. The van der Waals surface area contributed by atoms with Gasteiger partial charge >= 0.3 is 0 Å². The number of pyridine rings is 1. The summed E-state index contributed by atoms with van der Waals surface area (Å²) in [6, 6.07) is 4.48. The van der Waals surface area contributed by atoms with E-state index in [9.17, 15) is 0 Å². The lowest BCUT2D eigenvalue weighted by Gasteiger charge is -2.14. The van der Waals surface area contributed by atoms with E-state index >= 15 is 0 Å². The maximum Gasteiger partial charge on any atom is 0.144 e. The van der Waals surface area contributed by atoms with Crippen LogP contribution in [-0.4, -0.2) is 4.98 Å². The van der Waals surface area contributed by atoms with Gasteiger partial charge in [0.05, 0.1) is 5.69 Å². The first-order chi connectivity index (χ1) is 13.1. The van der Waals surface area contributed by atoms with E-state index < -0.39 is 0 Å². The Balaban J connectivity index is 2.22. The van der Waals surface area contributed by atoms with Gasteiger partial charge in [-0.3, -0.25) is 4.98 Å². The molecule has 2 heterocycles. The van der Waals surface area contributed by atoms with Gasteiger partial charge in [0.15, 0.2) is 0 Å². The van der Waals surface area contributed by atoms with Gasteiger partial charge in [0.2, 0.25) is 0 Å². The molecule has 2 aromatic carbocycles. The molecule has 0 fully saturated rings. The molecule has 2 nitrogen and oxygen atoms in total. The van der Waals surface area contributed by atoms with Gasteiger partial charge in [-0.05, 0) is 119 Å². The Morgan fingerprint density at radius 2 is 1.21 bits per heavy atom. The van der Waals surface area contributed by atoms with E-state index in [0.717, 1.165) is 28.1 Å². The Labute approximate surface area is 167 Å². The lowest BCUT2D eigenvalue weighted by Crippen LogP contribution is -1.99. The third-order valence-electron chi connectivity index (χ3n) is 6.89. The number of rotatable bonds is 1. The maximum atomic E-state index is 6.57. The number of hydrogen-bond acceptors (Lipinski definition) is 2. The first kappa shape index (κ1) is 18.7. The number of hydrogen-bond donors (Lipinski definition) is 0. The molecule has 0 unspecified atom stereocenters. The molecule has 0 aliphatic heterocycles. The minimum absolute atomic E-state index is 0.954. The second-order valence-electron chi connectivity index (χ2n) is 8.42. The highest BCUT2D eigenvalue weighted by Gasteiger charge is 2.21. The molecular weight excluding hydrogens is 342 g/mol. The molecule has 0 saturated heterocycles. The number of fused-ring (bicyclic) bond motifs is 3. The van der Waals surface area contributed by atoms with Gasteiger partial charge in [-0.25, -0.2) is 0 Å². The first-order valence-electron chi connectivity index (χ1n) is 10.0. The second-order valence-corrected chi connectivity index (χ2v) is 8.42. The largest absolute Gasteiger partial charge is 0.455 e. The third-order valence-corrected chi connectivity index (χ3v) is 6.89. The zero-order valence-corrected chi connectivity index (χ0v) is 18.5. The van der Waals surface area contributed by atoms with E-state index in [2.05, 4.69) is 74.4 Å². The van der Waals surface area contributed by atoms with E-state index in [0.29, 0.717) is 0 Å². The predicted octanol–water partition coefficient (Wildman–Crippen LogP) is 7.42. The summed E-state index contributed by atoms with van der Waals surface area (Å²) in [6.07, 6.45) is 0. The van der Waals surface area contributed by atoms with Crippen molar-refractivity contribution < 1.29 is 4.42 Å². The van der Waals surface area contributed by atoms with E-state index in [1.165, 1.54) is 55.3 Å². The zero-order valence-electron chi connectivity index (χ0n) is 18.5. The van der Waals surface area contributed by atoms with Crippen molar-refractivity contribution in [1.82, 2.24) is 4.98 Å². The Bertz CT molecular complexity index is 1290. The maximum absolute atomic E-state index is 6.57. The summed E-state index contributed by atoms with van der Waals surface area (Å²) >= 11 is 0. The molecular formula is C26H29NO. The average Bonchev–Trinajstić information content (AvgIpc) is 3.04. The van der Waals surface area contributed by atoms with E-state index in [1.54, 1.807) is 0 Å². The van der Waals surface area contributed by atoms with Crippen LogP contribution in [0.2, 0.25) is 0 Å². The summed E-state index contributed by atoms with van der Waals surface area (Å²) in [4.78, 5) is 4.98. The molecule has 0 bridgehead atoms. The molecule has 0 saturated carbocycles. The molecule has 0 radical (unpaired) electrons. The van der Waals surface area contributed by atoms with Crippen LogP contribution in [0, 0.1) is 62.3 Å². The second kappa shape index (κ2) is 6.20. The average molecular weight is 372 g/mol. The monoisotopic (exact) mass is 371 g/mol. The number of aromatic nitrogens is 1. The number of nitrogens with zero attached hydrogens (tertiary/aromatic N) is 1. The van der Waals surface area contributed by atoms with Crippen molar-refractivity contribution in [3.8, 4) is 11.3 Å². The van der Waals surface area contributed by atoms with Gasteiger partial charge in [0.1, 0.15) is 11.2 Å². The molecule has 0 N–H and O–H groups in total. The number of furan rings is 1. The van der Waals surface area contributed by atoms with Crippen LogP contribution in [0.15, 0.2) is 16.5 Å². The van der Waals surface area contributed by atoms with Gasteiger partial charge in [-0.2, -0.15) is 0 Å². The molecule has 0 spiro atoms. The normalized spacial score (nSPS) is 11.8. The zero-order chi connectivity index (χ0) is 20.5. The molecule has 0 amide bonds. The molecule has 4 rings (SSSR count). The molecule has 2 aromatic heterocycles. The summed E-state index contributed by atoms with van der Waals surface area (Å²) in [7, 11) is 0. The number of benzene rings is 2. The van der Waals surface area contributed by atoms with Gasteiger partial charge < -0.3 is 4.42 Å². The lowest BCUT2D eigenvalue weighted by atomic mass is 9.92. The molecule has 144 valence electrons. The van der Waals surface area contributed by atoms with Crippen LogP contribution < -0.4 is 0 Å². The Kier molecular flexibility index (Phi) is 4.15. The van der Waals surface area contributed by atoms with E-state index in [1.807, 2.05) is 0 Å². The van der Waals surface area contributed by atoms with Gasteiger partial charge in [0, 0.05) is 22.0 Å². The summed E-state index contributed by atoms with van der Waals surface area (Å²) in [5.41, 5.74) is 15.5. The smallest absolute Gasteiger partial charge is 0.144 e. The minimum atomic E-state index is 0.954. The van der Waals surface area contributed by atoms with Crippen LogP contribution in [0.25, 0.3) is 33.2 Å². The van der Waals surface area contributed by atoms with E-state index in [-0.39, 0.29) is 0 Å². The van der Waals surface area contributed by atoms with Crippen molar-refractivity contribution >= 4 is 21.9 Å². The fourth-order valence-electron chi connectivity index (χ4n) is 4.40. The third kappa shape index (κ3) is 2.44. The highest BCUT2D eigenvalue weighted by atomic mass is 16.3. The van der Waals surface area contributed by atoms with Crippen molar-refractivity contribution in [2.75, 3.05) is 0 Å². The van der Waals surface area contributed by atoms with Crippen LogP contribution in [-0.2, 0) is 0 Å². The highest BCUT2D eigenvalue weighted by molar-refractivity contribution is 6.12. The van der Waals surface area contributed by atoms with Crippen molar-refractivity contribution in [3.05, 3.63) is 62.3 Å². The molecule has 0 aliphatic rings. The number of aryl methyl sites for hydroxylation is 4. The fourth-order valence-corrected chi connectivity index (χ4v) is 4.40. The lowest BCUT2D eigenvalue weighted by molar-refractivity contribution is 0.665. The fraction of sp³-hybridized carbons (Fsp3) is 0.346. The van der Waals surface area contributed by atoms with Gasteiger partial charge in [0.25, 0.3) is 0 Å². The summed E-state index contributed by atoms with van der Waals surface area (Å²) < 4.78 is 6.57. The first-order valence-corrected chi connectivity index (χ1v) is 10.0.